The minimum Gasteiger partial charge on any atom is -0.365 e. The third kappa shape index (κ3) is 2.63. The number of benzene rings is 1. The van der Waals surface area contributed by atoms with E-state index in [-0.39, 0.29) is 17.7 Å². The van der Waals surface area contributed by atoms with Crippen LogP contribution < -0.4 is 0 Å². The molecule has 1 aliphatic heterocycles. The number of hydrazone groups is 1. The van der Waals surface area contributed by atoms with Crippen molar-refractivity contribution in [3.05, 3.63) is 70.0 Å². The van der Waals surface area contributed by atoms with Gasteiger partial charge in [0.15, 0.2) is 5.72 Å². The zero-order chi connectivity index (χ0) is 17.3. The molecule has 1 unspecified atom stereocenters. The predicted molar refractivity (Wildman–Crippen MR) is 85.1 cm³/mol. The van der Waals surface area contributed by atoms with Gasteiger partial charge in [-0.25, -0.2) is 0 Å². The minimum atomic E-state index is -1.63. The molecule has 1 aliphatic rings. The molecule has 0 spiro atoms. The second kappa shape index (κ2) is 5.82. The molecule has 1 N–H and O–H groups in total. The van der Waals surface area contributed by atoms with Gasteiger partial charge in [0, 0.05) is 47.8 Å². The molecule has 0 saturated heterocycles. The standard InChI is InChI=1S/C16H14N4O4/c1-11-9-16(22,13-3-2-8-17-10-13)19(18-11)15(21)12-4-6-14(7-5-12)20(23)24/h2-8,10,22H,9H2,1H3. The van der Waals surface area contributed by atoms with Crippen molar-refractivity contribution in [2.45, 2.75) is 19.1 Å². The summed E-state index contributed by atoms with van der Waals surface area (Å²) < 4.78 is 0. The molecular formula is C16H14N4O4. The number of non-ortho nitro benzene ring substituents is 1. The summed E-state index contributed by atoms with van der Waals surface area (Å²) in [4.78, 5) is 26.9. The summed E-state index contributed by atoms with van der Waals surface area (Å²) in [6, 6.07) is 8.49. The van der Waals surface area contributed by atoms with Crippen LogP contribution in [0.2, 0.25) is 0 Å². The van der Waals surface area contributed by atoms with Crippen LogP contribution in [0, 0.1) is 10.1 Å². The molecule has 1 aromatic carbocycles. The lowest BCUT2D eigenvalue weighted by atomic mass is 9.99. The molecule has 0 fully saturated rings. The van der Waals surface area contributed by atoms with Gasteiger partial charge in [-0.2, -0.15) is 10.1 Å². The molecule has 3 rings (SSSR count). The van der Waals surface area contributed by atoms with Crippen LogP contribution >= 0.6 is 0 Å². The topological polar surface area (TPSA) is 109 Å². The number of rotatable bonds is 3. The number of pyridine rings is 1. The lowest BCUT2D eigenvalue weighted by Gasteiger charge is -2.31. The number of hydrogen-bond donors (Lipinski definition) is 1. The number of amides is 1. The number of nitro groups is 1. The van der Waals surface area contributed by atoms with E-state index in [4.69, 9.17) is 0 Å². The first-order valence-electron chi connectivity index (χ1n) is 7.18. The summed E-state index contributed by atoms with van der Waals surface area (Å²) >= 11 is 0. The molecule has 0 radical (unpaired) electrons. The van der Waals surface area contributed by atoms with Crippen molar-refractivity contribution in [2.24, 2.45) is 5.10 Å². The van der Waals surface area contributed by atoms with Crippen LogP contribution in [0.25, 0.3) is 0 Å². The van der Waals surface area contributed by atoms with Gasteiger partial charge in [-0.15, -0.1) is 0 Å². The van der Waals surface area contributed by atoms with Crippen molar-refractivity contribution in [1.29, 1.82) is 0 Å². The molecule has 1 aromatic heterocycles. The summed E-state index contributed by atoms with van der Waals surface area (Å²) in [6.07, 6.45) is 3.21. The van der Waals surface area contributed by atoms with E-state index in [2.05, 4.69) is 10.1 Å². The molecular weight excluding hydrogens is 312 g/mol. The van der Waals surface area contributed by atoms with Crippen molar-refractivity contribution in [2.75, 3.05) is 0 Å². The van der Waals surface area contributed by atoms with Gasteiger partial charge in [-0.05, 0) is 25.1 Å². The molecule has 0 aliphatic carbocycles. The number of aliphatic hydroxyl groups is 1. The monoisotopic (exact) mass is 326 g/mol. The highest BCUT2D eigenvalue weighted by Gasteiger charge is 2.45. The maximum atomic E-state index is 12.7. The Labute approximate surface area is 137 Å². The first-order valence-corrected chi connectivity index (χ1v) is 7.18. The molecule has 8 nitrogen and oxygen atoms in total. The number of hydrogen-bond acceptors (Lipinski definition) is 6. The smallest absolute Gasteiger partial charge is 0.276 e. The van der Waals surface area contributed by atoms with Crippen LogP contribution in [0.4, 0.5) is 5.69 Å². The van der Waals surface area contributed by atoms with Crippen molar-refractivity contribution in [3.63, 3.8) is 0 Å². The first kappa shape index (κ1) is 15.8. The quantitative estimate of drug-likeness (QED) is 0.686. The van der Waals surface area contributed by atoms with Crippen molar-refractivity contribution < 1.29 is 14.8 Å². The third-order valence-electron chi connectivity index (χ3n) is 3.76. The fourth-order valence-electron chi connectivity index (χ4n) is 2.61. The van der Waals surface area contributed by atoms with E-state index in [1.165, 1.54) is 30.5 Å². The Morgan fingerprint density at radius 1 is 1.33 bits per heavy atom. The maximum absolute atomic E-state index is 12.7. The lowest BCUT2D eigenvalue weighted by Crippen LogP contribution is -2.43. The molecule has 122 valence electrons. The van der Waals surface area contributed by atoms with Crippen molar-refractivity contribution in [1.82, 2.24) is 9.99 Å². The Morgan fingerprint density at radius 3 is 2.62 bits per heavy atom. The second-order valence-electron chi connectivity index (χ2n) is 5.49. The highest BCUT2D eigenvalue weighted by Crippen LogP contribution is 2.36. The minimum absolute atomic E-state index is 0.116. The summed E-state index contributed by atoms with van der Waals surface area (Å²) in [7, 11) is 0. The summed E-state index contributed by atoms with van der Waals surface area (Å²) in [6.45, 7) is 1.71. The SMILES string of the molecule is CC1=NN(C(=O)c2ccc([N+](=O)[O-])cc2)C(O)(c2cccnc2)C1. The van der Waals surface area contributed by atoms with Gasteiger partial charge in [-0.3, -0.25) is 19.9 Å². The molecule has 0 saturated carbocycles. The first-order chi connectivity index (χ1) is 11.4. The molecule has 2 aromatic rings. The number of carbonyl (C=O) groups excluding carboxylic acids is 1. The zero-order valence-corrected chi connectivity index (χ0v) is 12.8. The van der Waals surface area contributed by atoms with Crippen LogP contribution in [0.15, 0.2) is 53.9 Å². The van der Waals surface area contributed by atoms with E-state index in [0.29, 0.717) is 11.3 Å². The van der Waals surface area contributed by atoms with E-state index in [0.717, 1.165) is 5.01 Å². The van der Waals surface area contributed by atoms with Crippen LogP contribution in [0.3, 0.4) is 0 Å². The molecule has 1 amide bonds. The summed E-state index contributed by atoms with van der Waals surface area (Å²) in [5.74, 6) is -0.548. The largest absolute Gasteiger partial charge is 0.365 e. The van der Waals surface area contributed by atoms with E-state index < -0.39 is 16.6 Å². The highest BCUT2D eigenvalue weighted by atomic mass is 16.6. The number of nitrogens with zero attached hydrogens (tertiary/aromatic N) is 4. The van der Waals surface area contributed by atoms with Crippen LogP contribution in [0.1, 0.15) is 29.3 Å². The highest BCUT2D eigenvalue weighted by molar-refractivity contribution is 5.98. The fraction of sp³-hybridized carbons (Fsp3) is 0.188. The Hall–Kier alpha value is -3.13. The van der Waals surface area contributed by atoms with E-state index in [1.54, 1.807) is 25.3 Å². The normalized spacial score (nSPS) is 19.9. The van der Waals surface area contributed by atoms with Crippen molar-refractivity contribution in [3.8, 4) is 0 Å². The van der Waals surface area contributed by atoms with E-state index in [1.807, 2.05) is 0 Å². The van der Waals surface area contributed by atoms with Gasteiger partial charge >= 0.3 is 0 Å². The molecule has 24 heavy (non-hydrogen) atoms. The Kier molecular flexibility index (Phi) is 3.82. The Balaban J connectivity index is 1.96. The molecule has 2 heterocycles. The lowest BCUT2D eigenvalue weighted by molar-refractivity contribution is -0.384. The van der Waals surface area contributed by atoms with Crippen molar-refractivity contribution >= 4 is 17.3 Å². The second-order valence-corrected chi connectivity index (χ2v) is 5.49. The van der Waals surface area contributed by atoms with Gasteiger partial charge in [0.1, 0.15) is 0 Å². The zero-order valence-electron chi connectivity index (χ0n) is 12.8. The van der Waals surface area contributed by atoms with Crippen LogP contribution in [-0.4, -0.2) is 31.6 Å². The number of carbonyl (C=O) groups is 1. The Morgan fingerprint density at radius 2 is 2.04 bits per heavy atom. The summed E-state index contributed by atoms with van der Waals surface area (Å²) in [5.41, 5.74) is -0.508. The Bertz CT molecular complexity index is 820. The van der Waals surface area contributed by atoms with Gasteiger partial charge in [0.05, 0.1) is 4.92 Å². The molecule has 0 bridgehead atoms. The predicted octanol–water partition coefficient (Wildman–Crippen LogP) is 2.06. The van der Waals surface area contributed by atoms with Gasteiger partial charge in [0.2, 0.25) is 0 Å². The third-order valence-corrected chi connectivity index (χ3v) is 3.76. The average molecular weight is 326 g/mol. The fourth-order valence-corrected chi connectivity index (χ4v) is 2.61. The molecule has 8 heteroatoms. The van der Waals surface area contributed by atoms with Gasteiger partial charge in [-0.1, -0.05) is 6.07 Å². The number of aromatic nitrogens is 1. The van der Waals surface area contributed by atoms with Crippen LogP contribution in [0.5, 0.6) is 0 Å². The summed E-state index contributed by atoms with van der Waals surface area (Å²) in [5, 5.41) is 26.9. The van der Waals surface area contributed by atoms with E-state index >= 15 is 0 Å². The molecule has 1 atom stereocenters. The van der Waals surface area contributed by atoms with Gasteiger partial charge in [0.25, 0.3) is 11.6 Å². The van der Waals surface area contributed by atoms with Gasteiger partial charge < -0.3 is 5.11 Å². The average Bonchev–Trinajstić information content (AvgIpc) is 2.91. The van der Waals surface area contributed by atoms with E-state index in [9.17, 15) is 20.0 Å². The number of nitro benzene ring substituents is 1. The van der Waals surface area contributed by atoms with Crippen LogP contribution in [-0.2, 0) is 5.72 Å². The maximum Gasteiger partial charge on any atom is 0.276 e.